The molecule has 1 aliphatic rings. The summed E-state index contributed by atoms with van der Waals surface area (Å²) in [7, 11) is 0. The smallest absolute Gasteiger partial charge is 0.257 e. The Balaban J connectivity index is 1.33. The van der Waals surface area contributed by atoms with E-state index >= 15 is 0 Å². The number of hydrogen-bond donors (Lipinski definition) is 1. The highest BCUT2D eigenvalue weighted by Crippen LogP contribution is 2.18. The van der Waals surface area contributed by atoms with Crippen molar-refractivity contribution in [3.05, 3.63) is 70.3 Å². The summed E-state index contributed by atoms with van der Waals surface area (Å²) in [5.41, 5.74) is 2.91. The summed E-state index contributed by atoms with van der Waals surface area (Å²) in [6, 6.07) is 14.9. The summed E-state index contributed by atoms with van der Waals surface area (Å²) < 4.78 is 0. The van der Waals surface area contributed by atoms with Gasteiger partial charge in [0.15, 0.2) is 0 Å². The number of aromatic amines is 1. The Morgan fingerprint density at radius 1 is 1.14 bits per heavy atom. The molecule has 1 aromatic carbocycles. The van der Waals surface area contributed by atoms with Crippen molar-refractivity contribution in [1.29, 1.82) is 5.26 Å². The number of H-pyrrole nitrogens is 1. The number of amides is 1. The molecule has 0 bridgehead atoms. The summed E-state index contributed by atoms with van der Waals surface area (Å²) in [6.07, 6.45) is 2.49. The number of carbonyl (C=O) groups is 1. The van der Waals surface area contributed by atoms with Crippen LogP contribution in [0.4, 0.5) is 5.69 Å². The molecule has 3 aromatic rings. The monoisotopic (exact) mass is 387 g/mol. The lowest BCUT2D eigenvalue weighted by atomic mass is 10.1. The molecule has 29 heavy (non-hydrogen) atoms. The quantitative estimate of drug-likeness (QED) is 0.740. The molecule has 7 heteroatoms. The van der Waals surface area contributed by atoms with Gasteiger partial charge >= 0.3 is 0 Å². The van der Waals surface area contributed by atoms with Gasteiger partial charge in [-0.05, 0) is 48.9 Å². The van der Waals surface area contributed by atoms with Gasteiger partial charge in [-0.15, -0.1) is 0 Å². The van der Waals surface area contributed by atoms with Crippen LogP contribution in [0.5, 0.6) is 0 Å². The minimum Gasteiger partial charge on any atom is -0.368 e. The minimum atomic E-state index is -0.172. The number of anilines is 1. The van der Waals surface area contributed by atoms with E-state index in [1.807, 2.05) is 35.2 Å². The first-order valence-electron chi connectivity index (χ1n) is 9.64. The molecule has 7 nitrogen and oxygen atoms in total. The molecule has 1 amide bonds. The van der Waals surface area contributed by atoms with Crippen LogP contribution in [0.25, 0.3) is 10.9 Å². The summed E-state index contributed by atoms with van der Waals surface area (Å²) in [4.78, 5) is 35.9. The minimum absolute atomic E-state index is 0.0893. The number of nitriles is 1. The summed E-state index contributed by atoms with van der Waals surface area (Å²) in [5, 5.41) is 9.46. The van der Waals surface area contributed by atoms with Crippen LogP contribution in [0, 0.1) is 11.3 Å². The molecule has 1 saturated heterocycles. The first-order valence-corrected chi connectivity index (χ1v) is 9.64. The Morgan fingerprint density at radius 2 is 1.90 bits per heavy atom. The van der Waals surface area contributed by atoms with Crippen LogP contribution in [-0.4, -0.2) is 47.0 Å². The first kappa shape index (κ1) is 18.7. The Bertz CT molecular complexity index is 1120. The van der Waals surface area contributed by atoms with Crippen molar-refractivity contribution in [2.24, 2.45) is 0 Å². The number of pyridine rings is 2. The fourth-order valence-corrected chi connectivity index (χ4v) is 3.63. The molecule has 0 spiro atoms. The van der Waals surface area contributed by atoms with Crippen LogP contribution in [-0.2, 0) is 11.2 Å². The predicted molar refractivity (Wildman–Crippen MR) is 111 cm³/mol. The Morgan fingerprint density at radius 3 is 2.62 bits per heavy atom. The van der Waals surface area contributed by atoms with Gasteiger partial charge in [0.25, 0.3) is 5.56 Å². The van der Waals surface area contributed by atoms with Crippen molar-refractivity contribution >= 4 is 22.5 Å². The fourth-order valence-electron chi connectivity index (χ4n) is 3.63. The largest absolute Gasteiger partial charge is 0.368 e. The van der Waals surface area contributed by atoms with E-state index in [-0.39, 0.29) is 11.5 Å². The van der Waals surface area contributed by atoms with Gasteiger partial charge in [-0.25, -0.2) is 0 Å². The zero-order valence-corrected chi connectivity index (χ0v) is 16.0. The van der Waals surface area contributed by atoms with Crippen LogP contribution in [0.1, 0.15) is 17.7 Å². The van der Waals surface area contributed by atoms with E-state index in [9.17, 15) is 9.59 Å². The molecule has 1 aliphatic heterocycles. The zero-order valence-electron chi connectivity index (χ0n) is 16.0. The molecule has 0 radical (unpaired) electrons. The molecule has 146 valence electrons. The van der Waals surface area contributed by atoms with Crippen molar-refractivity contribution in [3.63, 3.8) is 0 Å². The van der Waals surface area contributed by atoms with E-state index in [0.717, 1.165) is 24.5 Å². The summed E-state index contributed by atoms with van der Waals surface area (Å²) in [6.45, 7) is 2.84. The Hall–Kier alpha value is -3.66. The number of rotatable bonds is 4. The standard InChI is InChI=1S/C22H21N5O2/c23-15-16-3-6-18(7-4-16)26-10-12-27(13-11-26)21(28)8-5-17-14-20-19(22(29)25-17)2-1-9-24-20/h1-4,6-7,9,14H,5,8,10-13H2,(H,25,29). The number of hydrogen-bond acceptors (Lipinski definition) is 5. The van der Waals surface area contributed by atoms with Gasteiger partial charge < -0.3 is 14.8 Å². The molecule has 0 atom stereocenters. The second-order valence-electron chi connectivity index (χ2n) is 7.09. The maximum atomic E-state index is 12.6. The van der Waals surface area contributed by atoms with Gasteiger partial charge in [0, 0.05) is 50.2 Å². The maximum Gasteiger partial charge on any atom is 0.257 e. The number of carbonyl (C=O) groups excluding carboxylic acids is 1. The molecule has 1 fully saturated rings. The lowest BCUT2D eigenvalue weighted by Crippen LogP contribution is -2.48. The topological polar surface area (TPSA) is 93.1 Å². The van der Waals surface area contributed by atoms with Crippen LogP contribution < -0.4 is 10.5 Å². The van der Waals surface area contributed by atoms with Crippen LogP contribution in [0.3, 0.4) is 0 Å². The second-order valence-corrected chi connectivity index (χ2v) is 7.09. The van der Waals surface area contributed by atoms with Crippen LogP contribution >= 0.6 is 0 Å². The third-order valence-electron chi connectivity index (χ3n) is 5.27. The van der Waals surface area contributed by atoms with Gasteiger partial charge in [0.05, 0.1) is 22.5 Å². The normalized spacial score (nSPS) is 14.0. The number of nitrogens with zero attached hydrogens (tertiary/aromatic N) is 4. The number of benzene rings is 1. The number of piperazine rings is 1. The highest BCUT2D eigenvalue weighted by molar-refractivity contribution is 5.78. The molecular formula is C22H21N5O2. The van der Waals surface area contributed by atoms with E-state index in [1.165, 1.54) is 0 Å². The molecule has 3 heterocycles. The lowest BCUT2D eigenvalue weighted by Gasteiger charge is -2.36. The van der Waals surface area contributed by atoms with Crippen molar-refractivity contribution in [3.8, 4) is 6.07 Å². The molecule has 1 N–H and O–H groups in total. The van der Waals surface area contributed by atoms with E-state index in [0.29, 0.717) is 42.4 Å². The van der Waals surface area contributed by atoms with Gasteiger partial charge in [-0.2, -0.15) is 5.26 Å². The SMILES string of the molecule is N#Cc1ccc(N2CCN(C(=O)CCc3cc4ncccc4c(=O)[nH]3)CC2)cc1. The van der Waals surface area contributed by atoms with E-state index in [2.05, 4.69) is 20.9 Å². The first-order chi connectivity index (χ1) is 14.1. The molecular weight excluding hydrogens is 366 g/mol. The zero-order chi connectivity index (χ0) is 20.2. The number of aryl methyl sites for hydroxylation is 1. The van der Waals surface area contributed by atoms with Gasteiger partial charge in [0.1, 0.15) is 0 Å². The highest BCUT2D eigenvalue weighted by atomic mass is 16.2. The van der Waals surface area contributed by atoms with Gasteiger partial charge in [-0.3, -0.25) is 14.6 Å². The molecule has 0 unspecified atom stereocenters. The van der Waals surface area contributed by atoms with Crippen molar-refractivity contribution in [2.75, 3.05) is 31.1 Å². The van der Waals surface area contributed by atoms with E-state index in [4.69, 9.17) is 5.26 Å². The number of aromatic nitrogens is 2. The summed E-state index contributed by atoms with van der Waals surface area (Å²) in [5.74, 6) is 0.0893. The fraction of sp³-hybridized carbons (Fsp3) is 0.273. The second kappa shape index (κ2) is 8.15. The third-order valence-corrected chi connectivity index (χ3v) is 5.27. The van der Waals surface area contributed by atoms with Crippen molar-refractivity contribution in [2.45, 2.75) is 12.8 Å². The maximum absolute atomic E-state index is 12.6. The average Bonchev–Trinajstić information content (AvgIpc) is 2.78. The van der Waals surface area contributed by atoms with Crippen molar-refractivity contribution in [1.82, 2.24) is 14.9 Å². The lowest BCUT2D eigenvalue weighted by molar-refractivity contribution is -0.131. The predicted octanol–water partition coefficient (Wildman–Crippen LogP) is 2.08. The molecule has 2 aromatic heterocycles. The highest BCUT2D eigenvalue weighted by Gasteiger charge is 2.21. The van der Waals surface area contributed by atoms with E-state index < -0.39 is 0 Å². The Labute approximate surface area is 168 Å². The van der Waals surface area contributed by atoms with E-state index in [1.54, 1.807) is 18.3 Å². The summed E-state index contributed by atoms with van der Waals surface area (Å²) >= 11 is 0. The van der Waals surface area contributed by atoms with Gasteiger partial charge in [-0.1, -0.05) is 0 Å². The van der Waals surface area contributed by atoms with Crippen molar-refractivity contribution < 1.29 is 4.79 Å². The number of fused-ring (bicyclic) bond motifs is 1. The molecule has 4 rings (SSSR count). The van der Waals surface area contributed by atoms with Crippen LogP contribution in [0.2, 0.25) is 0 Å². The molecule has 0 saturated carbocycles. The number of nitrogens with one attached hydrogen (secondary N) is 1. The van der Waals surface area contributed by atoms with Gasteiger partial charge in [0.2, 0.25) is 5.91 Å². The van der Waals surface area contributed by atoms with Crippen LogP contribution in [0.15, 0.2) is 53.5 Å². The third kappa shape index (κ3) is 4.11. The Kier molecular flexibility index (Phi) is 5.25. The molecule has 0 aliphatic carbocycles. The average molecular weight is 387 g/mol.